The summed E-state index contributed by atoms with van der Waals surface area (Å²) in [7, 11) is 3.72. The normalized spacial score (nSPS) is 20.7. The molecule has 1 atom stereocenters. The first-order valence-electron chi connectivity index (χ1n) is 7.07. The van der Waals surface area contributed by atoms with Gasteiger partial charge in [-0.1, -0.05) is 20.8 Å². The van der Waals surface area contributed by atoms with Gasteiger partial charge in [-0.05, 0) is 17.5 Å². The van der Waals surface area contributed by atoms with E-state index in [1.165, 1.54) is 0 Å². The van der Waals surface area contributed by atoms with Crippen molar-refractivity contribution >= 4 is 9.76 Å². The lowest BCUT2D eigenvalue weighted by molar-refractivity contribution is -0.0251. The second-order valence-electron chi connectivity index (χ2n) is 5.38. The molecular weight excluding hydrogens is 288 g/mol. The molecule has 0 N–H and O–H groups in total. The van der Waals surface area contributed by atoms with E-state index in [4.69, 9.17) is 23.4 Å². The maximum absolute atomic E-state index is 5.76. The van der Waals surface area contributed by atoms with Gasteiger partial charge in [0, 0.05) is 32.8 Å². The second kappa shape index (κ2) is 9.25. The first-order valence-corrected chi connectivity index (χ1v) is 8.19. The van der Waals surface area contributed by atoms with E-state index in [1.807, 2.05) is 6.08 Å². The van der Waals surface area contributed by atoms with E-state index >= 15 is 0 Å². The van der Waals surface area contributed by atoms with Crippen LogP contribution in [0.1, 0.15) is 20.8 Å². The van der Waals surface area contributed by atoms with E-state index in [-0.39, 0.29) is 24.9 Å². The maximum Gasteiger partial charge on any atom is 0.229 e. The molecule has 1 aliphatic carbocycles. The standard InChI is InChI=1S/C15H26O5Si/c1-6-21-20-9-13-14(19-11-17-5)7-12(18-10-16-4)8-15(13,2)3/h7-8,13H,6,9-11H2,1-5H3. The highest BCUT2D eigenvalue weighted by molar-refractivity contribution is 6.26. The molecule has 0 aromatic rings. The molecule has 0 saturated heterocycles. The zero-order chi connectivity index (χ0) is 15.7. The molecule has 0 spiro atoms. The van der Waals surface area contributed by atoms with Gasteiger partial charge in [0.1, 0.15) is 11.5 Å². The molecule has 0 aliphatic heterocycles. The number of rotatable bonds is 10. The third kappa shape index (κ3) is 5.82. The van der Waals surface area contributed by atoms with Crippen LogP contribution >= 0.6 is 0 Å². The summed E-state index contributed by atoms with van der Waals surface area (Å²) in [6, 6.07) is 1.03. The minimum Gasteiger partial charge on any atom is -0.471 e. The highest BCUT2D eigenvalue weighted by Gasteiger charge is 2.36. The van der Waals surface area contributed by atoms with E-state index in [9.17, 15) is 0 Å². The van der Waals surface area contributed by atoms with Crippen LogP contribution in [0, 0.1) is 11.3 Å². The number of methoxy groups -OCH3 is 2. The van der Waals surface area contributed by atoms with Gasteiger partial charge in [0.25, 0.3) is 0 Å². The van der Waals surface area contributed by atoms with Gasteiger partial charge in [-0.15, -0.1) is 0 Å². The third-order valence-electron chi connectivity index (χ3n) is 3.22. The molecule has 21 heavy (non-hydrogen) atoms. The van der Waals surface area contributed by atoms with Crippen molar-refractivity contribution in [3.8, 4) is 0 Å². The Labute approximate surface area is 130 Å². The van der Waals surface area contributed by atoms with E-state index in [2.05, 4.69) is 26.8 Å². The number of ether oxygens (including phenoxy) is 4. The van der Waals surface area contributed by atoms with Crippen LogP contribution in [0.2, 0.25) is 6.04 Å². The molecule has 0 aromatic carbocycles. The van der Waals surface area contributed by atoms with E-state index < -0.39 is 0 Å². The smallest absolute Gasteiger partial charge is 0.229 e. The molecule has 1 unspecified atom stereocenters. The summed E-state index contributed by atoms with van der Waals surface area (Å²) in [6.45, 7) is 7.47. The van der Waals surface area contributed by atoms with Crippen LogP contribution in [0.5, 0.6) is 0 Å². The minimum atomic E-state index is -0.126. The summed E-state index contributed by atoms with van der Waals surface area (Å²) in [4.78, 5) is 0. The lowest BCUT2D eigenvalue weighted by Crippen LogP contribution is -2.33. The summed E-state index contributed by atoms with van der Waals surface area (Å²) in [6.07, 6.45) is 3.99. The second-order valence-corrected chi connectivity index (χ2v) is 6.66. The van der Waals surface area contributed by atoms with Crippen LogP contribution in [-0.4, -0.2) is 44.2 Å². The average molecular weight is 314 g/mol. The van der Waals surface area contributed by atoms with Crippen molar-refractivity contribution in [2.45, 2.75) is 26.8 Å². The van der Waals surface area contributed by atoms with Crippen LogP contribution in [0.4, 0.5) is 0 Å². The molecule has 0 aromatic heterocycles. The molecular formula is C15H26O5Si. The largest absolute Gasteiger partial charge is 0.471 e. The molecule has 0 bridgehead atoms. The van der Waals surface area contributed by atoms with E-state index in [0.717, 1.165) is 17.6 Å². The Bertz CT molecular complexity index is 365. The predicted molar refractivity (Wildman–Crippen MR) is 81.5 cm³/mol. The van der Waals surface area contributed by atoms with Gasteiger partial charge in [-0.3, -0.25) is 0 Å². The van der Waals surface area contributed by atoms with Crippen LogP contribution in [-0.2, 0) is 23.4 Å². The van der Waals surface area contributed by atoms with Crippen molar-refractivity contribution in [2.75, 3.05) is 34.4 Å². The summed E-state index contributed by atoms with van der Waals surface area (Å²) in [5.41, 5.74) is -0.126. The molecule has 120 valence electrons. The highest BCUT2D eigenvalue weighted by atomic mass is 28.2. The quantitative estimate of drug-likeness (QED) is 0.352. The zero-order valence-electron chi connectivity index (χ0n) is 13.6. The lowest BCUT2D eigenvalue weighted by atomic mass is 9.75. The van der Waals surface area contributed by atoms with Crippen molar-refractivity contribution in [1.82, 2.24) is 0 Å². The Morgan fingerprint density at radius 1 is 1.14 bits per heavy atom. The van der Waals surface area contributed by atoms with Crippen molar-refractivity contribution < 1.29 is 23.4 Å². The molecule has 0 saturated carbocycles. The Kier molecular flexibility index (Phi) is 8.03. The van der Waals surface area contributed by atoms with E-state index in [1.54, 1.807) is 14.2 Å². The van der Waals surface area contributed by atoms with Crippen molar-refractivity contribution in [1.29, 1.82) is 0 Å². The summed E-state index contributed by atoms with van der Waals surface area (Å²) < 4.78 is 27.0. The van der Waals surface area contributed by atoms with Gasteiger partial charge >= 0.3 is 0 Å². The molecule has 0 heterocycles. The number of hydrogen-bond donors (Lipinski definition) is 0. The Morgan fingerprint density at radius 3 is 2.43 bits per heavy atom. The Balaban J connectivity index is 2.83. The first-order chi connectivity index (χ1) is 10.0. The maximum atomic E-state index is 5.76. The average Bonchev–Trinajstić information content (AvgIpc) is 2.44. The van der Waals surface area contributed by atoms with Crippen LogP contribution in [0.25, 0.3) is 0 Å². The van der Waals surface area contributed by atoms with Gasteiger partial charge in [0.2, 0.25) is 9.76 Å². The van der Waals surface area contributed by atoms with E-state index in [0.29, 0.717) is 16.4 Å². The third-order valence-corrected chi connectivity index (χ3v) is 3.88. The molecule has 0 fully saturated rings. The van der Waals surface area contributed by atoms with Gasteiger partial charge in [0.05, 0.1) is 0 Å². The predicted octanol–water partition coefficient (Wildman–Crippen LogP) is 2.73. The molecule has 6 heteroatoms. The molecule has 5 nitrogen and oxygen atoms in total. The fourth-order valence-corrected chi connectivity index (χ4v) is 2.63. The topological polar surface area (TPSA) is 46.2 Å². The fraction of sp³-hybridized carbons (Fsp3) is 0.733. The van der Waals surface area contributed by atoms with Gasteiger partial charge in [-0.25, -0.2) is 0 Å². The number of hydrogen-bond acceptors (Lipinski definition) is 5. The summed E-state index contributed by atoms with van der Waals surface area (Å²) in [5.74, 6) is 1.72. The highest BCUT2D eigenvalue weighted by Crippen LogP contribution is 2.40. The summed E-state index contributed by atoms with van der Waals surface area (Å²) in [5, 5.41) is 0. The minimum absolute atomic E-state index is 0.126. The monoisotopic (exact) mass is 314 g/mol. The van der Waals surface area contributed by atoms with Crippen LogP contribution in [0.3, 0.4) is 0 Å². The van der Waals surface area contributed by atoms with Crippen LogP contribution in [0.15, 0.2) is 23.7 Å². The summed E-state index contributed by atoms with van der Waals surface area (Å²) >= 11 is 0. The Morgan fingerprint density at radius 2 is 1.81 bits per heavy atom. The van der Waals surface area contributed by atoms with Crippen molar-refractivity contribution in [3.05, 3.63) is 23.7 Å². The SMILES string of the molecule is CC[Si]OCC1C(OCOC)=CC(OCOC)=CC1(C)C. The van der Waals surface area contributed by atoms with Crippen molar-refractivity contribution in [2.24, 2.45) is 11.3 Å². The van der Waals surface area contributed by atoms with Crippen molar-refractivity contribution in [3.63, 3.8) is 0 Å². The molecule has 1 aliphatic rings. The Hall–Kier alpha value is -0.823. The molecule has 2 radical (unpaired) electrons. The zero-order valence-corrected chi connectivity index (χ0v) is 14.6. The number of allylic oxidation sites excluding steroid dienone is 2. The lowest BCUT2D eigenvalue weighted by Gasteiger charge is -2.36. The molecule has 0 amide bonds. The first kappa shape index (κ1) is 18.2. The molecule has 1 rings (SSSR count). The van der Waals surface area contributed by atoms with Gasteiger partial charge in [-0.2, -0.15) is 0 Å². The van der Waals surface area contributed by atoms with Gasteiger partial charge in [0.15, 0.2) is 13.6 Å². The fourth-order valence-electron chi connectivity index (χ4n) is 2.14. The van der Waals surface area contributed by atoms with Gasteiger partial charge < -0.3 is 23.4 Å². The van der Waals surface area contributed by atoms with Crippen LogP contribution < -0.4 is 0 Å².